The zero-order valence-electron chi connectivity index (χ0n) is 20.1. The monoisotopic (exact) mass is 523 g/mol. The van der Waals surface area contributed by atoms with Crippen LogP contribution in [0.2, 0.25) is 0 Å². The van der Waals surface area contributed by atoms with Gasteiger partial charge in [0.15, 0.2) is 30.9 Å². The highest BCUT2D eigenvalue weighted by atomic mass is 19.1. The number of ether oxygens (including phenoxy) is 7. The molecule has 200 valence electrons. The summed E-state index contributed by atoms with van der Waals surface area (Å²) in [4.78, 5) is 36.2. The molecule has 0 saturated carbocycles. The van der Waals surface area contributed by atoms with Gasteiger partial charge in [0.2, 0.25) is 6.10 Å². The Hall–Kier alpha value is -3.78. The normalized spacial score (nSPS) is 13.2. The third-order valence-corrected chi connectivity index (χ3v) is 4.98. The zero-order chi connectivity index (χ0) is 26.8. The van der Waals surface area contributed by atoms with Gasteiger partial charge in [-0.15, -0.1) is 0 Å². The number of benzene rings is 2. The minimum Gasteiger partial charge on any atom is -0.478 e. The summed E-state index contributed by atoms with van der Waals surface area (Å²) in [7, 11) is 2.99. The molecule has 0 spiro atoms. The lowest BCUT2D eigenvalue weighted by atomic mass is 10.1. The number of nitrogens with one attached hydrogen (secondary N) is 1. The Labute approximate surface area is 211 Å². The fraction of sp³-hybridized carbons (Fsp3) is 0.375. The molecule has 2 N–H and O–H groups in total. The van der Waals surface area contributed by atoms with Gasteiger partial charge in [0.05, 0.1) is 37.6 Å². The largest absolute Gasteiger partial charge is 0.478 e. The third-order valence-electron chi connectivity index (χ3n) is 4.98. The van der Waals surface area contributed by atoms with E-state index in [-0.39, 0.29) is 60.7 Å². The first-order valence-corrected chi connectivity index (χ1v) is 11.0. The second-order valence-corrected chi connectivity index (χ2v) is 7.45. The van der Waals surface area contributed by atoms with E-state index in [2.05, 4.69) is 5.32 Å². The van der Waals surface area contributed by atoms with E-state index in [4.69, 9.17) is 33.2 Å². The van der Waals surface area contributed by atoms with E-state index in [0.717, 1.165) is 6.07 Å². The molecule has 0 bridgehead atoms. The maximum atomic E-state index is 15.1. The Morgan fingerprint density at radius 1 is 0.946 bits per heavy atom. The first kappa shape index (κ1) is 27.8. The molecular formula is C24H26FNO11. The smallest absolute Gasteiger partial charge is 0.349 e. The summed E-state index contributed by atoms with van der Waals surface area (Å²) in [5.74, 6) is -4.50. The van der Waals surface area contributed by atoms with Crippen LogP contribution < -0.4 is 19.5 Å². The van der Waals surface area contributed by atoms with Gasteiger partial charge in [-0.1, -0.05) is 6.07 Å². The summed E-state index contributed by atoms with van der Waals surface area (Å²) in [5, 5.41) is 12.0. The average Bonchev–Trinajstić information content (AvgIpc) is 3.17. The van der Waals surface area contributed by atoms with Crippen molar-refractivity contribution in [2.24, 2.45) is 0 Å². The van der Waals surface area contributed by atoms with Crippen molar-refractivity contribution in [1.29, 1.82) is 0 Å². The van der Waals surface area contributed by atoms with Crippen LogP contribution in [0.25, 0.3) is 0 Å². The summed E-state index contributed by atoms with van der Waals surface area (Å²) in [6.45, 7) is 0.320. The van der Waals surface area contributed by atoms with E-state index in [9.17, 15) is 19.5 Å². The van der Waals surface area contributed by atoms with Gasteiger partial charge in [-0.05, 0) is 24.3 Å². The first-order valence-electron chi connectivity index (χ1n) is 11.0. The Morgan fingerprint density at radius 3 is 2.27 bits per heavy atom. The third kappa shape index (κ3) is 7.13. The van der Waals surface area contributed by atoms with Crippen molar-refractivity contribution in [3.05, 3.63) is 52.8 Å². The fourth-order valence-corrected chi connectivity index (χ4v) is 3.27. The molecule has 1 atom stereocenters. The van der Waals surface area contributed by atoms with Crippen LogP contribution in [-0.2, 0) is 23.7 Å². The van der Waals surface area contributed by atoms with Crippen molar-refractivity contribution in [2.45, 2.75) is 6.10 Å². The van der Waals surface area contributed by atoms with Crippen LogP contribution in [0.1, 0.15) is 32.4 Å². The molecule has 2 amide bonds. The van der Waals surface area contributed by atoms with Crippen LogP contribution in [0.15, 0.2) is 30.3 Å². The van der Waals surface area contributed by atoms with E-state index >= 15 is 4.39 Å². The Morgan fingerprint density at radius 2 is 1.62 bits per heavy atom. The van der Waals surface area contributed by atoms with Crippen LogP contribution in [0.4, 0.5) is 4.39 Å². The first-order chi connectivity index (χ1) is 17.9. The molecule has 37 heavy (non-hydrogen) atoms. The number of imide groups is 1. The number of halogens is 1. The summed E-state index contributed by atoms with van der Waals surface area (Å²) >= 11 is 0. The summed E-state index contributed by atoms with van der Waals surface area (Å²) in [6.07, 6.45) is -1.77. The molecule has 0 saturated heterocycles. The lowest BCUT2D eigenvalue weighted by Crippen LogP contribution is -2.22. The minimum absolute atomic E-state index is 0.0345. The van der Waals surface area contributed by atoms with Crippen molar-refractivity contribution >= 4 is 17.8 Å². The van der Waals surface area contributed by atoms with Crippen LogP contribution in [0.5, 0.6) is 17.2 Å². The van der Waals surface area contributed by atoms with Crippen molar-refractivity contribution in [3.63, 3.8) is 0 Å². The highest BCUT2D eigenvalue weighted by molar-refractivity contribution is 6.22. The number of carboxylic acid groups (broad SMARTS) is 1. The van der Waals surface area contributed by atoms with Gasteiger partial charge in [0.25, 0.3) is 11.8 Å². The number of fused-ring (bicyclic) bond motifs is 1. The van der Waals surface area contributed by atoms with E-state index in [1.165, 1.54) is 38.5 Å². The maximum Gasteiger partial charge on any atom is 0.349 e. The van der Waals surface area contributed by atoms with Gasteiger partial charge in [-0.2, -0.15) is 0 Å². The van der Waals surface area contributed by atoms with Crippen LogP contribution >= 0.6 is 0 Å². The maximum absolute atomic E-state index is 15.1. The summed E-state index contributed by atoms with van der Waals surface area (Å²) < 4.78 is 51.7. The number of carbonyl (C=O) groups excluding carboxylic acids is 2. The molecule has 1 aliphatic rings. The van der Waals surface area contributed by atoms with Crippen molar-refractivity contribution in [3.8, 4) is 17.2 Å². The van der Waals surface area contributed by atoms with Gasteiger partial charge < -0.3 is 38.3 Å². The average molecular weight is 523 g/mol. The van der Waals surface area contributed by atoms with Gasteiger partial charge in [0.1, 0.15) is 5.75 Å². The van der Waals surface area contributed by atoms with E-state index < -0.39 is 29.7 Å². The van der Waals surface area contributed by atoms with Crippen LogP contribution in [0.3, 0.4) is 0 Å². The fourth-order valence-electron chi connectivity index (χ4n) is 3.27. The quantitative estimate of drug-likeness (QED) is 0.189. The van der Waals surface area contributed by atoms with Gasteiger partial charge in [-0.3, -0.25) is 14.9 Å². The molecule has 1 aliphatic heterocycles. The number of carbonyl (C=O) groups is 3. The van der Waals surface area contributed by atoms with Gasteiger partial charge >= 0.3 is 5.97 Å². The second-order valence-electron chi connectivity index (χ2n) is 7.45. The molecule has 3 rings (SSSR count). The van der Waals surface area contributed by atoms with Gasteiger partial charge in [-0.25, -0.2) is 9.18 Å². The number of carboxylic acids is 1. The highest BCUT2D eigenvalue weighted by Crippen LogP contribution is 2.37. The molecule has 0 aromatic heterocycles. The van der Waals surface area contributed by atoms with E-state index in [1.54, 1.807) is 0 Å². The number of hydrogen-bond donors (Lipinski definition) is 2. The Bertz CT molecular complexity index is 1120. The minimum atomic E-state index is -1.77. The highest BCUT2D eigenvalue weighted by Gasteiger charge is 2.33. The number of hydrogen-bond acceptors (Lipinski definition) is 10. The Kier molecular flexibility index (Phi) is 10.1. The van der Waals surface area contributed by atoms with Crippen molar-refractivity contribution < 1.29 is 57.0 Å². The molecule has 0 fully saturated rings. The number of rotatable bonds is 16. The molecule has 2 aromatic rings. The standard InChI is InChI=1S/C24H26FNO11/c1-31-6-8-33-12-35-18-11-14(10-16(25)21(18)36-13-34-9-7-32-2)20(24(29)30)37-17-5-3-4-15-19(17)23(28)26-22(15)27/h3-5,10-11,20H,6-9,12-13H2,1-2H3,(H,29,30)(H,26,27,28). The molecule has 1 unspecified atom stereocenters. The number of aliphatic carboxylic acids is 1. The van der Waals surface area contributed by atoms with Crippen molar-refractivity contribution in [1.82, 2.24) is 5.32 Å². The lowest BCUT2D eigenvalue weighted by Gasteiger charge is -2.20. The topological polar surface area (TPSA) is 148 Å². The summed E-state index contributed by atoms with van der Waals surface area (Å²) in [5.41, 5.74) is -0.241. The SMILES string of the molecule is COCCOCOc1cc(C(Oc2cccc3c2C(=O)NC3=O)C(=O)O)cc(F)c1OCOCCOC. The lowest BCUT2D eigenvalue weighted by molar-refractivity contribution is -0.145. The number of amides is 2. The molecule has 0 radical (unpaired) electrons. The molecule has 0 aliphatic carbocycles. The van der Waals surface area contributed by atoms with E-state index in [1.807, 2.05) is 0 Å². The molecule has 2 aromatic carbocycles. The zero-order valence-corrected chi connectivity index (χ0v) is 20.1. The number of methoxy groups -OCH3 is 2. The van der Waals surface area contributed by atoms with Crippen LogP contribution in [0, 0.1) is 5.82 Å². The molecule has 12 nitrogen and oxygen atoms in total. The van der Waals surface area contributed by atoms with E-state index in [0.29, 0.717) is 13.2 Å². The molecule has 1 heterocycles. The Balaban J connectivity index is 1.88. The van der Waals surface area contributed by atoms with Crippen LogP contribution in [-0.4, -0.2) is 77.1 Å². The summed E-state index contributed by atoms with van der Waals surface area (Å²) in [6, 6.07) is 6.27. The van der Waals surface area contributed by atoms with Gasteiger partial charge in [0, 0.05) is 19.8 Å². The molecular weight excluding hydrogens is 497 g/mol. The van der Waals surface area contributed by atoms with Crippen molar-refractivity contribution in [2.75, 3.05) is 54.2 Å². The second kappa shape index (κ2) is 13.5. The molecule has 13 heteroatoms. The predicted molar refractivity (Wildman–Crippen MR) is 122 cm³/mol. The predicted octanol–water partition coefficient (Wildman–Crippen LogP) is 1.91.